The molecule has 0 fully saturated rings. The number of anilines is 1. The van der Waals surface area contributed by atoms with Gasteiger partial charge in [-0.1, -0.05) is 6.92 Å². The number of carbonyl (C=O) groups excluding carboxylic acids is 1. The number of halogens is 3. The SMILES string of the molecule is CCCN(CC(C)OC(=O)NC)c1c([N+](=O)[O-])cc(C(F)(F)F)cc1[N+](=O)[O-]. The Morgan fingerprint density at radius 1 is 1.25 bits per heavy atom. The third kappa shape index (κ3) is 5.69. The highest BCUT2D eigenvalue weighted by atomic mass is 19.4. The molecule has 1 aromatic rings. The van der Waals surface area contributed by atoms with E-state index in [2.05, 4.69) is 5.32 Å². The van der Waals surface area contributed by atoms with Crippen LogP contribution in [0.5, 0.6) is 0 Å². The molecule has 1 aromatic carbocycles. The molecule has 0 saturated heterocycles. The number of nitro benzene ring substituents is 2. The summed E-state index contributed by atoms with van der Waals surface area (Å²) in [5.41, 5.74) is -4.18. The highest BCUT2D eigenvalue weighted by Crippen LogP contribution is 2.43. The molecule has 0 radical (unpaired) electrons. The Balaban J connectivity index is 3.56. The van der Waals surface area contributed by atoms with E-state index in [0.29, 0.717) is 6.42 Å². The van der Waals surface area contributed by atoms with Crippen molar-refractivity contribution in [3.05, 3.63) is 37.9 Å². The van der Waals surface area contributed by atoms with Crippen molar-refractivity contribution < 1.29 is 32.5 Å². The van der Waals surface area contributed by atoms with E-state index in [4.69, 9.17) is 4.74 Å². The van der Waals surface area contributed by atoms with E-state index in [1.165, 1.54) is 18.9 Å². The lowest BCUT2D eigenvalue weighted by Crippen LogP contribution is -2.36. The molecular weight excluding hydrogens is 389 g/mol. The average molecular weight is 408 g/mol. The maximum Gasteiger partial charge on any atom is 0.416 e. The molecule has 0 bridgehead atoms. The fourth-order valence-corrected chi connectivity index (χ4v) is 2.52. The van der Waals surface area contributed by atoms with E-state index < -0.39 is 50.8 Å². The summed E-state index contributed by atoms with van der Waals surface area (Å²) < 4.78 is 44.0. The minimum atomic E-state index is -5.00. The Labute approximate surface area is 157 Å². The van der Waals surface area contributed by atoms with Gasteiger partial charge in [-0.2, -0.15) is 13.2 Å². The van der Waals surface area contributed by atoms with Gasteiger partial charge in [0.1, 0.15) is 6.10 Å². The van der Waals surface area contributed by atoms with E-state index >= 15 is 0 Å². The minimum absolute atomic E-state index is 0.0501. The van der Waals surface area contributed by atoms with Crippen LogP contribution >= 0.6 is 0 Å². The van der Waals surface area contributed by atoms with E-state index in [-0.39, 0.29) is 25.2 Å². The number of nitrogens with zero attached hydrogens (tertiary/aromatic N) is 3. The summed E-state index contributed by atoms with van der Waals surface area (Å²) in [5.74, 6) is 0. The number of alkyl halides is 3. The van der Waals surface area contributed by atoms with Crippen molar-refractivity contribution in [2.24, 2.45) is 0 Å². The predicted molar refractivity (Wildman–Crippen MR) is 92.3 cm³/mol. The Hall–Kier alpha value is -3.12. The molecule has 1 N–H and O–H groups in total. The Bertz CT molecular complexity index is 721. The molecule has 0 aliphatic heterocycles. The second-order valence-electron chi connectivity index (χ2n) is 5.79. The summed E-state index contributed by atoms with van der Waals surface area (Å²) >= 11 is 0. The van der Waals surface area contributed by atoms with Crippen LogP contribution in [0.25, 0.3) is 0 Å². The van der Waals surface area contributed by atoms with E-state index in [9.17, 15) is 38.2 Å². The number of amides is 1. The van der Waals surface area contributed by atoms with Crippen molar-refractivity contribution in [3.8, 4) is 0 Å². The summed E-state index contributed by atoms with van der Waals surface area (Å²) in [4.78, 5) is 33.0. The van der Waals surface area contributed by atoms with E-state index in [1.807, 2.05) is 0 Å². The van der Waals surface area contributed by atoms with Gasteiger partial charge in [-0.3, -0.25) is 20.2 Å². The molecule has 10 nitrogen and oxygen atoms in total. The van der Waals surface area contributed by atoms with Gasteiger partial charge in [-0.15, -0.1) is 0 Å². The second-order valence-corrected chi connectivity index (χ2v) is 5.79. The van der Waals surface area contributed by atoms with Gasteiger partial charge in [-0.25, -0.2) is 4.79 Å². The number of rotatable bonds is 8. The van der Waals surface area contributed by atoms with Gasteiger partial charge in [0.05, 0.1) is 22.0 Å². The van der Waals surface area contributed by atoms with E-state index in [1.54, 1.807) is 6.92 Å². The van der Waals surface area contributed by atoms with Crippen molar-refractivity contribution in [2.45, 2.75) is 32.5 Å². The van der Waals surface area contributed by atoms with Crippen LogP contribution in [0.1, 0.15) is 25.8 Å². The third-order valence-corrected chi connectivity index (χ3v) is 3.59. The lowest BCUT2D eigenvalue weighted by atomic mass is 10.1. The largest absolute Gasteiger partial charge is 0.445 e. The highest BCUT2D eigenvalue weighted by Gasteiger charge is 2.39. The van der Waals surface area contributed by atoms with Crippen LogP contribution in [0.15, 0.2) is 12.1 Å². The molecule has 1 atom stereocenters. The van der Waals surface area contributed by atoms with Gasteiger partial charge < -0.3 is 15.0 Å². The Kier molecular flexibility index (Phi) is 7.52. The fraction of sp³-hybridized carbons (Fsp3) is 0.533. The second kappa shape index (κ2) is 9.19. The monoisotopic (exact) mass is 408 g/mol. The molecule has 1 unspecified atom stereocenters. The molecule has 0 aliphatic rings. The van der Waals surface area contributed by atoms with Gasteiger partial charge in [0.2, 0.25) is 0 Å². The van der Waals surface area contributed by atoms with Gasteiger partial charge >= 0.3 is 12.3 Å². The molecule has 0 aliphatic carbocycles. The zero-order valence-electron chi connectivity index (χ0n) is 15.3. The lowest BCUT2D eigenvalue weighted by molar-refractivity contribution is -0.393. The first-order chi connectivity index (χ1) is 12.9. The van der Waals surface area contributed by atoms with Gasteiger partial charge in [0, 0.05) is 25.7 Å². The fourth-order valence-electron chi connectivity index (χ4n) is 2.52. The lowest BCUT2D eigenvalue weighted by Gasteiger charge is -2.27. The summed E-state index contributed by atoms with van der Waals surface area (Å²) in [5, 5.41) is 25.0. The topological polar surface area (TPSA) is 128 Å². The Morgan fingerprint density at radius 2 is 1.75 bits per heavy atom. The summed E-state index contributed by atoms with van der Waals surface area (Å²) in [6.45, 7) is 2.97. The number of hydrogen-bond acceptors (Lipinski definition) is 7. The normalized spacial score (nSPS) is 12.2. The minimum Gasteiger partial charge on any atom is -0.445 e. The first-order valence-electron chi connectivity index (χ1n) is 8.09. The maximum atomic E-state index is 13.0. The number of hydrogen-bond donors (Lipinski definition) is 1. The van der Waals surface area contributed by atoms with Crippen molar-refractivity contribution in [1.82, 2.24) is 5.32 Å². The smallest absolute Gasteiger partial charge is 0.416 e. The van der Waals surface area contributed by atoms with Crippen molar-refractivity contribution in [3.63, 3.8) is 0 Å². The van der Waals surface area contributed by atoms with Gasteiger partial charge in [0.15, 0.2) is 5.69 Å². The molecule has 0 spiro atoms. The molecule has 1 rings (SSSR count). The molecule has 156 valence electrons. The summed E-state index contributed by atoms with van der Waals surface area (Å²) in [7, 11) is 1.31. The molecule has 0 aromatic heterocycles. The van der Waals surface area contributed by atoms with Crippen molar-refractivity contribution in [1.29, 1.82) is 0 Å². The standard InChI is InChI=1S/C15H19F3N4O6/c1-4-5-20(8-9(2)28-14(23)19-3)13-11(21(24)25)6-10(15(16,17)18)7-12(13)22(26)27/h6-7,9H,4-5,8H2,1-3H3,(H,19,23). The van der Waals surface area contributed by atoms with Gasteiger partial charge in [-0.05, 0) is 13.3 Å². The van der Waals surface area contributed by atoms with Crippen molar-refractivity contribution >= 4 is 23.2 Å². The van der Waals surface area contributed by atoms with Crippen LogP contribution in [0, 0.1) is 20.2 Å². The number of benzene rings is 1. The van der Waals surface area contributed by atoms with Crippen LogP contribution in [0.3, 0.4) is 0 Å². The first kappa shape index (κ1) is 22.9. The van der Waals surface area contributed by atoms with Crippen LogP contribution in [0.4, 0.5) is 35.0 Å². The molecule has 1 amide bonds. The van der Waals surface area contributed by atoms with Crippen LogP contribution in [-0.2, 0) is 10.9 Å². The maximum absolute atomic E-state index is 13.0. The van der Waals surface area contributed by atoms with Crippen LogP contribution < -0.4 is 10.2 Å². The molecule has 0 saturated carbocycles. The van der Waals surface area contributed by atoms with Crippen LogP contribution in [-0.4, -0.2) is 42.2 Å². The number of carbonyl (C=O) groups is 1. The first-order valence-corrected chi connectivity index (χ1v) is 8.09. The number of nitrogens with one attached hydrogen (secondary N) is 1. The molecule has 13 heteroatoms. The molecule has 28 heavy (non-hydrogen) atoms. The zero-order chi connectivity index (χ0) is 21.6. The average Bonchev–Trinajstić information content (AvgIpc) is 2.58. The van der Waals surface area contributed by atoms with Crippen molar-refractivity contribution in [2.75, 3.05) is 25.0 Å². The molecular formula is C15H19F3N4O6. The van der Waals surface area contributed by atoms with E-state index in [0.717, 1.165) is 0 Å². The summed E-state index contributed by atoms with van der Waals surface area (Å²) in [6.07, 6.45) is -6.27. The molecule has 0 heterocycles. The number of nitro groups is 2. The quantitative estimate of drug-likeness (QED) is 0.515. The Morgan fingerprint density at radius 3 is 2.11 bits per heavy atom. The summed E-state index contributed by atoms with van der Waals surface area (Å²) in [6, 6.07) is 0.518. The predicted octanol–water partition coefficient (Wildman–Crippen LogP) is 3.48. The zero-order valence-corrected chi connectivity index (χ0v) is 15.3. The third-order valence-electron chi connectivity index (χ3n) is 3.59. The van der Waals surface area contributed by atoms with Gasteiger partial charge in [0.25, 0.3) is 11.4 Å². The number of ether oxygens (including phenoxy) is 1. The highest BCUT2D eigenvalue weighted by molar-refractivity contribution is 5.76. The number of alkyl carbamates (subject to hydrolysis) is 1. The van der Waals surface area contributed by atoms with Crippen LogP contribution in [0.2, 0.25) is 0 Å².